The van der Waals surface area contributed by atoms with Crippen molar-refractivity contribution in [2.45, 2.75) is 13.5 Å². The normalized spacial score (nSPS) is 10.3. The minimum absolute atomic E-state index is 0.227. The summed E-state index contributed by atoms with van der Waals surface area (Å²) in [6.45, 7) is 2.07. The maximum Gasteiger partial charge on any atom is 0.253 e. The number of para-hydroxylation sites is 1. The maximum absolute atomic E-state index is 13.2. The zero-order valence-electron chi connectivity index (χ0n) is 10.9. The van der Waals surface area contributed by atoms with Gasteiger partial charge in [0.2, 0.25) is 0 Å². The standard InChI is InChI=1S/C15H14BrFN2O/c1-9-3-2-4-12(14(9)18)15(20)19-8-10-7-11(17)5-6-13(10)16/h2-7H,8,18H2,1H3,(H,19,20). The van der Waals surface area contributed by atoms with E-state index in [1.165, 1.54) is 12.1 Å². The molecule has 2 aromatic carbocycles. The SMILES string of the molecule is Cc1cccc(C(=O)NCc2cc(F)ccc2Br)c1N. The highest BCUT2D eigenvalue weighted by Gasteiger charge is 2.11. The Morgan fingerprint density at radius 1 is 1.35 bits per heavy atom. The molecule has 0 bridgehead atoms. The molecule has 0 saturated heterocycles. The van der Waals surface area contributed by atoms with E-state index in [1.807, 2.05) is 13.0 Å². The van der Waals surface area contributed by atoms with E-state index in [1.54, 1.807) is 18.2 Å². The van der Waals surface area contributed by atoms with Crippen molar-refractivity contribution < 1.29 is 9.18 Å². The van der Waals surface area contributed by atoms with Crippen LogP contribution in [-0.2, 0) is 6.54 Å². The highest BCUT2D eigenvalue weighted by molar-refractivity contribution is 9.10. The molecule has 0 saturated carbocycles. The molecule has 3 N–H and O–H groups in total. The van der Waals surface area contributed by atoms with Gasteiger partial charge in [0.05, 0.1) is 5.56 Å². The number of hydrogen-bond acceptors (Lipinski definition) is 2. The van der Waals surface area contributed by atoms with E-state index in [0.29, 0.717) is 16.8 Å². The highest BCUT2D eigenvalue weighted by atomic mass is 79.9. The molecule has 0 aliphatic rings. The average molecular weight is 337 g/mol. The average Bonchev–Trinajstić information content (AvgIpc) is 2.42. The minimum atomic E-state index is -0.340. The predicted octanol–water partition coefficient (Wildman–Crippen LogP) is 3.41. The fourth-order valence-electron chi connectivity index (χ4n) is 1.83. The van der Waals surface area contributed by atoms with Crippen molar-refractivity contribution in [3.8, 4) is 0 Å². The van der Waals surface area contributed by atoms with Crippen LogP contribution in [-0.4, -0.2) is 5.91 Å². The summed E-state index contributed by atoms with van der Waals surface area (Å²) in [6.07, 6.45) is 0. The summed E-state index contributed by atoms with van der Waals surface area (Å²) in [7, 11) is 0. The minimum Gasteiger partial charge on any atom is -0.398 e. The van der Waals surface area contributed by atoms with Gasteiger partial charge in [0.25, 0.3) is 5.91 Å². The van der Waals surface area contributed by atoms with Crippen LogP contribution in [0, 0.1) is 12.7 Å². The number of aryl methyl sites for hydroxylation is 1. The summed E-state index contributed by atoms with van der Waals surface area (Å²) >= 11 is 3.32. The lowest BCUT2D eigenvalue weighted by Gasteiger charge is -2.10. The Balaban J connectivity index is 2.13. The summed E-state index contributed by atoms with van der Waals surface area (Å²) in [6, 6.07) is 9.63. The molecule has 104 valence electrons. The molecule has 0 radical (unpaired) electrons. The first-order chi connectivity index (χ1) is 9.49. The molecule has 0 unspecified atom stereocenters. The fraction of sp³-hybridized carbons (Fsp3) is 0.133. The van der Waals surface area contributed by atoms with Crippen LogP contribution in [0.3, 0.4) is 0 Å². The number of nitrogens with two attached hydrogens (primary N) is 1. The molecule has 0 aromatic heterocycles. The Bertz CT molecular complexity index is 658. The van der Waals surface area contributed by atoms with Gasteiger partial charge >= 0.3 is 0 Å². The molecule has 0 aliphatic carbocycles. The second kappa shape index (κ2) is 6.05. The number of benzene rings is 2. The van der Waals surface area contributed by atoms with Gasteiger partial charge in [-0.05, 0) is 42.3 Å². The Kier molecular flexibility index (Phi) is 4.39. The lowest BCUT2D eigenvalue weighted by Crippen LogP contribution is -2.24. The van der Waals surface area contributed by atoms with Crippen molar-refractivity contribution >= 4 is 27.5 Å². The molecular weight excluding hydrogens is 323 g/mol. The van der Waals surface area contributed by atoms with Crippen LogP contribution in [0.1, 0.15) is 21.5 Å². The van der Waals surface area contributed by atoms with Crippen LogP contribution < -0.4 is 11.1 Å². The van der Waals surface area contributed by atoms with E-state index < -0.39 is 0 Å². The van der Waals surface area contributed by atoms with Gasteiger partial charge in [-0.3, -0.25) is 4.79 Å². The van der Waals surface area contributed by atoms with Gasteiger partial charge in [-0.1, -0.05) is 28.1 Å². The number of carbonyl (C=O) groups is 1. The lowest BCUT2D eigenvalue weighted by molar-refractivity contribution is 0.0951. The monoisotopic (exact) mass is 336 g/mol. The fourth-order valence-corrected chi connectivity index (χ4v) is 2.21. The predicted molar refractivity (Wildman–Crippen MR) is 80.9 cm³/mol. The number of amides is 1. The Morgan fingerprint density at radius 3 is 2.85 bits per heavy atom. The number of carbonyl (C=O) groups excluding carboxylic acids is 1. The van der Waals surface area contributed by atoms with Crippen LogP contribution in [0.25, 0.3) is 0 Å². The van der Waals surface area contributed by atoms with Crippen molar-refractivity contribution in [2.24, 2.45) is 0 Å². The van der Waals surface area contributed by atoms with E-state index in [2.05, 4.69) is 21.2 Å². The molecule has 1 amide bonds. The van der Waals surface area contributed by atoms with Crippen molar-refractivity contribution in [2.75, 3.05) is 5.73 Å². The van der Waals surface area contributed by atoms with Crippen LogP contribution in [0.15, 0.2) is 40.9 Å². The summed E-state index contributed by atoms with van der Waals surface area (Å²) < 4.78 is 13.9. The first-order valence-electron chi connectivity index (χ1n) is 6.06. The number of nitrogen functional groups attached to an aromatic ring is 1. The van der Waals surface area contributed by atoms with Crippen LogP contribution >= 0.6 is 15.9 Å². The van der Waals surface area contributed by atoms with Crippen LogP contribution in [0.2, 0.25) is 0 Å². The number of hydrogen-bond donors (Lipinski definition) is 2. The van der Waals surface area contributed by atoms with Crippen molar-refractivity contribution in [3.05, 3.63) is 63.4 Å². The molecule has 0 fully saturated rings. The molecule has 2 rings (SSSR count). The zero-order valence-corrected chi connectivity index (χ0v) is 12.5. The molecule has 0 heterocycles. The van der Waals surface area contributed by atoms with Crippen molar-refractivity contribution in [1.29, 1.82) is 0 Å². The lowest BCUT2D eigenvalue weighted by atomic mass is 10.1. The van der Waals surface area contributed by atoms with Gasteiger partial charge in [-0.25, -0.2) is 4.39 Å². The van der Waals surface area contributed by atoms with Gasteiger partial charge in [-0.2, -0.15) is 0 Å². The molecular formula is C15H14BrFN2O. The second-order valence-electron chi connectivity index (χ2n) is 4.45. The highest BCUT2D eigenvalue weighted by Crippen LogP contribution is 2.19. The third-order valence-electron chi connectivity index (χ3n) is 3.02. The molecule has 2 aromatic rings. The summed E-state index contributed by atoms with van der Waals surface area (Å²) in [5, 5.41) is 2.74. The Hall–Kier alpha value is -1.88. The maximum atomic E-state index is 13.2. The van der Waals surface area contributed by atoms with E-state index in [4.69, 9.17) is 5.73 Å². The van der Waals surface area contributed by atoms with Gasteiger partial charge < -0.3 is 11.1 Å². The molecule has 3 nitrogen and oxygen atoms in total. The second-order valence-corrected chi connectivity index (χ2v) is 5.31. The summed E-state index contributed by atoms with van der Waals surface area (Å²) in [4.78, 5) is 12.1. The summed E-state index contributed by atoms with van der Waals surface area (Å²) in [5.74, 6) is -0.616. The van der Waals surface area contributed by atoms with E-state index in [-0.39, 0.29) is 18.3 Å². The van der Waals surface area contributed by atoms with Crippen LogP contribution in [0.5, 0.6) is 0 Å². The number of halogens is 2. The molecule has 0 spiro atoms. The zero-order chi connectivity index (χ0) is 14.7. The van der Waals surface area contributed by atoms with Crippen molar-refractivity contribution in [1.82, 2.24) is 5.32 Å². The van der Waals surface area contributed by atoms with Gasteiger partial charge in [0.15, 0.2) is 0 Å². The topological polar surface area (TPSA) is 55.1 Å². The first kappa shape index (κ1) is 14.5. The quantitative estimate of drug-likeness (QED) is 0.844. The number of rotatable bonds is 3. The van der Waals surface area contributed by atoms with E-state index in [0.717, 1.165) is 10.0 Å². The first-order valence-corrected chi connectivity index (χ1v) is 6.85. The molecule has 0 atom stereocenters. The Labute approximate surface area is 125 Å². The molecule has 20 heavy (non-hydrogen) atoms. The molecule has 0 aliphatic heterocycles. The van der Waals surface area contributed by atoms with Crippen molar-refractivity contribution in [3.63, 3.8) is 0 Å². The third kappa shape index (κ3) is 3.17. The van der Waals surface area contributed by atoms with Crippen LogP contribution in [0.4, 0.5) is 10.1 Å². The van der Waals surface area contributed by atoms with Gasteiger partial charge in [0.1, 0.15) is 5.82 Å². The van der Waals surface area contributed by atoms with Gasteiger partial charge in [-0.15, -0.1) is 0 Å². The Morgan fingerprint density at radius 2 is 2.10 bits per heavy atom. The van der Waals surface area contributed by atoms with E-state index >= 15 is 0 Å². The largest absolute Gasteiger partial charge is 0.398 e. The number of anilines is 1. The number of nitrogens with one attached hydrogen (secondary N) is 1. The van der Waals surface area contributed by atoms with Gasteiger partial charge in [0, 0.05) is 16.7 Å². The van der Waals surface area contributed by atoms with E-state index in [9.17, 15) is 9.18 Å². The third-order valence-corrected chi connectivity index (χ3v) is 3.79. The smallest absolute Gasteiger partial charge is 0.253 e. The molecule has 5 heteroatoms. The summed E-state index contributed by atoms with van der Waals surface area (Å²) in [5.41, 5.74) is 8.29.